The van der Waals surface area contributed by atoms with Crippen LogP contribution in [-0.2, 0) is 0 Å². The lowest BCUT2D eigenvalue weighted by Gasteiger charge is -2.14. The Labute approximate surface area is 94.8 Å². The molecule has 78 valence electrons. The summed E-state index contributed by atoms with van der Waals surface area (Å²) in [5.41, 5.74) is 9.87. The van der Waals surface area contributed by atoms with E-state index in [1.807, 2.05) is 0 Å². The number of nitrogens with two attached hydrogens (primary N) is 1. The second-order valence-corrected chi connectivity index (χ2v) is 4.66. The molecule has 0 aliphatic carbocycles. The van der Waals surface area contributed by atoms with Crippen LogP contribution < -0.4 is 5.73 Å². The first-order chi connectivity index (χ1) is 6.56. The van der Waals surface area contributed by atoms with Crippen LogP contribution in [0.1, 0.15) is 42.5 Å². The fourth-order valence-electron chi connectivity index (χ4n) is 1.67. The van der Waals surface area contributed by atoms with Gasteiger partial charge in [0.05, 0.1) is 0 Å². The van der Waals surface area contributed by atoms with Gasteiger partial charge >= 0.3 is 0 Å². The number of halogens is 1. The Morgan fingerprint density at radius 2 is 1.79 bits per heavy atom. The topological polar surface area (TPSA) is 26.0 Å². The van der Waals surface area contributed by atoms with Crippen molar-refractivity contribution < 1.29 is 0 Å². The number of hydrogen-bond donors (Lipinski definition) is 1. The zero-order chi connectivity index (χ0) is 10.7. The van der Waals surface area contributed by atoms with Gasteiger partial charge in [-0.3, -0.25) is 0 Å². The molecule has 0 saturated carbocycles. The zero-order valence-electron chi connectivity index (χ0n) is 9.10. The molecule has 1 nitrogen and oxygen atoms in total. The van der Waals surface area contributed by atoms with E-state index in [4.69, 9.17) is 5.73 Å². The first kappa shape index (κ1) is 11.7. The largest absolute Gasteiger partial charge is 0.324 e. The van der Waals surface area contributed by atoms with E-state index in [1.165, 1.54) is 21.2 Å². The quantitative estimate of drug-likeness (QED) is 0.872. The Balaban J connectivity index is 3.00. The van der Waals surface area contributed by atoms with Crippen molar-refractivity contribution in [2.24, 2.45) is 5.73 Å². The van der Waals surface area contributed by atoms with Gasteiger partial charge in [-0.1, -0.05) is 41.4 Å². The molecule has 1 unspecified atom stereocenters. The van der Waals surface area contributed by atoms with E-state index >= 15 is 0 Å². The van der Waals surface area contributed by atoms with Crippen molar-refractivity contribution in [3.05, 3.63) is 33.3 Å². The van der Waals surface area contributed by atoms with Gasteiger partial charge in [0, 0.05) is 10.5 Å². The summed E-state index contributed by atoms with van der Waals surface area (Å²) in [4.78, 5) is 0. The number of rotatable bonds is 3. The van der Waals surface area contributed by atoms with Crippen LogP contribution in [-0.4, -0.2) is 0 Å². The highest BCUT2D eigenvalue weighted by atomic mass is 79.9. The summed E-state index contributed by atoms with van der Waals surface area (Å²) in [7, 11) is 0. The SMILES string of the molecule is CCCC(N)c1cc(C)c(Br)c(C)c1. The van der Waals surface area contributed by atoms with Gasteiger partial charge in [0.2, 0.25) is 0 Å². The normalized spacial score (nSPS) is 12.9. The third-order valence-corrected chi connectivity index (χ3v) is 3.74. The van der Waals surface area contributed by atoms with Crippen LogP contribution in [0.3, 0.4) is 0 Å². The summed E-state index contributed by atoms with van der Waals surface area (Å²) in [6.07, 6.45) is 2.19. The molecule has 2 heteroatoms. The maximum Gasteiger partial charge on any atom is 0.0294 e. The maximum atomic E-state index is 6.08. The summed E-state index contributed by atoms with van der Waals surface area (Å²) < 4.78 is 1.20. The Bertz CT molecular complexity index is 297. The lowest BCUT2D eigenvalue weighted by molar-refractivity contribution is 0.637. The molecule has 0 bridgehead atoms. The molecule has 1 aromatic rings. The number of aryl methyl sites for hydroxylation is 2. The van der Waals surface area contributed by atoms with Crippen LogP contribution in [0.5, 0.6) is 0 Å². The van der Waals surface area contributed by atoms with E-state index in [0.717, 1.165) is 12.8 Å². The molecule has 0 spiro atoms. The van der Waals surface area contributed by atoms with Crippen LogP contribution in [0, 0.1) is 13.8 Å². The van der Waals surface area contributed by atoms with E-state index in [0.29, 0.717) is 0 Å². The third-order valence-electron chi connectivity index (χ3n) is 2.49. The molecule has 0 aliphatic rings. The standard InChI is InChI=1S/C12H18BrN/c1-4-5-11(14)10-6-8(2)12(13)9(3)7-10/h6-7,11H,4-5,14H2,1-3H3. The van der Waals surface area contributed by atoms with E-state index in [1.54, 1.807) is 0 Å². The Morgan fingerprint density at radius 1 is 1.29 bits per heavy atom. The van der Waals surface area contributed by atoms with Gasteiger partial charge in [0.25, 0.3) is 0 Å². The van der Waals surface area contributed by atoms with Crippen molar-refractivity contribution in [3.63, 3.8) is 0 Å². The van der Waals surface area contributed by atoms with E-state index in [-0.39, 0.29) is 6.04 Å². The Kier molecular flexibility index (Phi) is 4.14. The number of benzene rings is 1. The highest BCUT2D eigenvalue weighted by Gasteiger charge is 2.08. The van der Waals surface area contributed by atoms with Crippen molar-refractivity contribution >= 4 is 15.9 Å². The predicted molar refractivity (Wildman–Crippen MR) is 65.5 cm³/mol. The van der Waals surface area contributed by atoms with Crippen molar-refractivity contribution in [1.29, 1.82) is 0 Å². The molecular formula is C12H18BrN. The molecular weight excluding hydrogens is 238 g/mol. The van der Waals surface area contributed by atoms with Gasteiger partial charge in [-0.15, -0.1) is 0 Å². The minimum absolute atomic E-state index is 0.186. The Hall–Kier alpha value is -0.340. The van der Waals surface area contributed by atoms with E-state index in [2.05, 4.69) is 48.8 Å². The van der Waals surface area contributed by atoms with Gasteiger partial charge in [0.1, 0.15) is 0 Å². The van der Waals surface area contributed by atoms with Crippen LogP contribution in [0.2, 0.25) is 0 Å². The summed E-state index contributed by atoms with van der Waals surface area (Å²) >= 11 is 3.56. The molecule has 0 aromatic heterocycles. The van der Waals surface area contributed by atoms with Crippen molar-refractivity contribution in [2.75, 3.05) is 0 Å². The second kappa shape index (κ2) is 4.94. The fraction of sp³-hybridized carbons (Fsp3) is 0.500. The van der Waals surface area contributed by atoms with Crippen molar-refractivity contribution in [2.45, 2.75) is 39.7 Å². The average Bonchev–Trinajstić information content (AvgIpc) is 2.13. The average molecular weight is 256 g/mol. The van der Waals surface area contributed by atoms with Gasteiger partial charge in [-0.2, -0.15) is 0 Å². The van der Waals surface area contributed by atoms with Crippen molar-refractivity contribution in [1.82, 2.24) is 0 Å². The fourth-order valence-corrected chi connectivity index (χ4v) is 1.90. The molecule has 14 heavy (non-hydrogen) atoms. The molecule has 0 fully saturated rings. The summed E-state index contributed by atoms with van der Waals surface area (Å²) in [5.74, 6) is 0. The van der Waals surface area contributed by atoms with Crippen LogP contribution in [0.4, 0.5) is 0 Å². The van der Waals surface area contributed by atoms with Gasteiger partial charge in [-0.05, 0) is 37.0 Å². The molecule has 0 radical (unpaired) electrons. The second-order valence-electron chi connectivity index (χ2n) is 3.86. The molecule has 0 aliphatic heterocycles. The first-order valence-electron chi connectivity index (χ1n) is 5.08. The maximum absolute atomic E-state index is 6.08. The summed E-state index contributed by atoms with van der Waals surface area (Å²) in [6.45, 7) is 6.39. The molecule has 0 heterocycles. The third kappa shape index (κ3) is 2.58. The summed E-state index contributed by atoms with van der Waals surface area (Å²) in [5, 5.41) is 0. The molecule has 1 rings (SSSR count). The zero-order valence-corrected chi connectivity index (χ0v) is 10.7. The highest BCUT2D eigenvalue weighted by molar-refractivity contribution is 9.10. The molecule has 2 N–H and O–H groups in total. The minimum atomic E-state index is 0.186. The van der Waals surface area contributed by atoms with Crippen LogP contribution in [0.15, 0.2) is 16.6 Å². The smallest absolute Gasteiger partial charge is 0.0294 e. The molecule has 1 aromatic carbocycles. The Morgan fingerprint density at radius 3 is 2.21 bits per heavy atom. The lowest BCUT2D eigenvalue weighted by atomic mass is 9.99. The molecule has 0 saturated heterocycles. The van der Waals surface area contributed by atoms with Gasteiger partial charge in [0.15, 0.2) is 0 Å². The minimum Gasteiger partial charge on any atom is -0.324 e. The van der Waals surface area contributed by atoms with Crippen LogP contribution >= 0.6 is 15.9 Å². The highest BCUT2D eigenvalue weighted by Crippen LogP contribution is 2.26. The van der Waals surface area contributed by atoms with E-state index < -0.39 is 0 Å². The molecule has 1 atom stereocenters. The molecule has 0 amide bonds. The lowest BCUT2D eigenvalue weighted by Crippen LogP contribution is -2.10. The predicted octanol–water partition coefficient (Wildman–Crippen LogP) is 3.87. The van der Waals surface area contributed by atoms with Crippen molar-refractivity contribution in [3.8, 4) is 0 Å². The number of hydrogen-bond acceptors (Lipinski definition) is 1. The monoisotopic (exact) mass is 255 g/mol. The van der Waals surface area contributed by atoms with E-state index in [9.17, 15) is 0 Å². The van der Waals surface area contributed by atoms with Gasteiger partial charge < -0.3 is 5.73 Å². The van der Waals surface area contributed by atoms with Gasteiger partial charge in [-0.25, -0.2) is 0 Å². The first-order valence-corrected chi connectivity index (χ1v) is 5.87. The summed E-state index contributed by atoms with van der Waals surface area (Å²) in [6, 6.07) is 4.54. The van der Waals surface area contributed by atoms with Crippen LogP contribution in [0.25, 0.3) is 0 Å².